The average Bonchev–Trinajstić information content (AvgIpc) is 3.66. The van der Waals surface area contributed by atoms with Crippen LogP contribution in [0.2, 0.25) is 10.0 Å². The van der Waals surface area contributed by atoms with E-state index in [4.69, 9.17) is 23.2 Å². The molecule has 0 bridgehead atoms. The molecule has 10 heteroatoms. The van der Waals surface area contributed by atoms with Gasteiger partial charge in [0.25, 0.3) is 0 Å². The predicted molar refractivity (Wildman–Crippen MR) is 149 cm³/mol. The van der Waals surface area contributed by atoms with Crippen LogP contribution in [0.4, 0.5) is 0 Å². The number of rotatable bonds is 10. The van der Waals surface area contributed by atoms with E-state index in [9.17, 15) is 23.1 Å². The molecule has 2 aromatic rings. The molecule has 1 saturated carbocycles. The molecule has 4 rings (SSSR count). The quantitative estimate of drug-likeness (QED) is 0.395. The minimum Gasteiger partial charge on any atom is -0.481 e. The van der Waals surface area contributed by atoms with Crippen molar-refractivity contribution in [2.75, 3.05) is 19.3 Å². The molecule has 1 heterocycles. The van der Waals surface area contributed by atoms with Gasteiger partial charge in [0.2, 0.25) is 15.9 Å². The molecule has 2 fully saturated rings. The van der Waals surface area contributed by atoms with Crippen molar-refractivity contribution >= 4 is 45.1 Å². The number of hydrogen-bond donors (Lipinski definition) is 1. The van der Waals surface area contributed by atoms with Crippen LogP contribution in [0.3, 0.4) is 0 Å². The number of nitrogens with zero attached hydrogens (tertiary/aromatic N) is 2. The van der Waals surface area contributed by atoms with E-state index in [2.05, 4.69) is 0 Å². The molecule has 0 aromatic heterocycles. The van der Waals surface area contributed by atoms with Gasteiger partial charge in [0.15, 0.2) is 0 Å². The molecule has 0 spiro atoms. The van der Waals surface area contributed by atoms with E-state index < -0.39 is 33.5 Å². The van der Waals surface area contributed by atoms with E-state index in [-0.39, 0.29) is 37.3 Å². The number of carboxylic acids is 1. The summed E-state index contributed by atoms with van der Waals surface area (Å²) < 4.78 is 26.6. The van der Waals surface area contributed by atoms with Crippen LogP contribution in [0.5, 0.6) is 0 Å². The summed E-state index contributed by atoms with van der Waals surface area (Å²) in [6.07, 6.45) is 2.91. The number of likely N-dealkylation sites (N-methyl/N-ethyl adjacent to an activating group) is 1. The van der Waals surface area contributed by atoms with Crippen LogP contribution in [-0.4, -0.2) is 60.0 Å². The SMILES string of the molecule is CCN(CC(C1CC1)N1C(=O)[C@@](C)(CC(=O)O)C[C@H](c2cccc(Cl)c2)C1c1ccc(Cl)cc1)S(C)(=O)=O. The molecule has 38 heavy (non-hydrogen) atoms. The Kier molecular flexibility index (Phi) is 8.48. The molecule has 1 amide bonds. The minimum atomic E-state index is -3.51. The zero-order chi connectivity index (χ0) is 27.8. The van der Waals surface area contributed by atoms with E-state index in [0.29, 0.717) is 16.5 Å². The highest BCUT2D eigenvalue weighted by Gasteiger charge is 2.54. The molecule has 2 aliphatic rings. The molecule has 1 saturated heterocycles. The molecule has 2 unspecified atom stereocenters. The first-order valence-corrected chi connectivity index (χ1v) is 15.4. The van der Waals surface area contributed by atoms with E-state index in [1.807, 2.05) is 35.2 Å². The molecular weight excluding hydrogens is 547 g/mol. The largest absolute Gasteiger partial charge is 0.481 e. The molecule has 4 atom stereocenters. The van der Waals surface area contributed by atoms with Crippen LogP contribution in [0, 0.1) is 11.3 Å². The van der Waals surface area contributed by atoms with E-state index >= 15 is 0 Å². The zero-order valence-electron chi connectivity index (χ0n) is 21.8. The Bertz CT molecular complexity index is 1300. The average molecular weight is 582 g/mol. The highest BCUT2D eigenvalue weighted by atomic mass is 35.5. The van der Waals surface area contributed by atoms with Crippen LogP contribution < -0.4 is 0 Å². The van der Waals surface area contributed by atoms with Gasteiger partial charge in [0.1, 0.15) is 0 Å². The first-order valence-electron chi connectivity index (χ1n) is 12.8. The first-order chi connectivity index (χ1) is 17.8. The highest BCUT2D eigenvalue weighted by Crippen LogP contribution is 2.54. The molecule has 1 aliphatic carbocycles. The van der Waals surface area contributed by atoms with Gasteiger partial charge in [-0.1, -0.05) is 61.3 Å². The highest BCUT2D eigenvalue weighted by molar-refractivity contribution is 7.88. The Morgan fingerprint density at radius 1 is 1.13 bits per heavy atom. The van der Waals surface area contributed by atoms with Gasteiger partial charge >= 0.3 is 5.97 Å². The smallest absolute Gasteiger partial charge is 0.304 e. The van der Waals surface area contributed by atoms with Crippen LogP contribution in [0.25, 0.3) is 0 Å². The van der Waals surface area contributed by atoms with Crippen molar-refractivity contribution < 1.29 is 23.1 Å². The summed E-state index contributed by atoms with van der Waals surface area (Å²) >= 11 is 12.6. The van der Waals surface area contributed by atoms with Crippen LogP contribution in [-0.2, 0) is 19.6 Å². The summed E-state index contributed by atoms with van der Waals surface area (Å²) in [6, 6.07) is 13.9. The molecule has 7 nitrogen and oxygen atoms in total. The second-order valence-corrected chi connectivity index (χ2v) is 13.7. The van der Waals surface area contributed by atoms with Gasteiger partial charge in [0, 0.05) is 35.1 Å². The zero-order valence-corrected chi connectivity index (χ0v) is 24.1. The number of sulfonamides is 1. The molecular formula is C28H34Cl2N2O5S. The number of likely N-dealkylation sites (tertiary alicyclic amines) is 1. The van der Waals surface area contributed by atoms with Crippen molar-refractivity contribution in [1.82, 2.24) is 9.21 Å². The Labute approximate surface area is 234 Å². The third-order valence-corrected chi connectivity index (χ3v) is 9.70. The maximum Gasteiger partial charge on any atom is 0.304 e. The lowest BCUT2D eigenvalue weighted by Crippen LogP contribution is -2.59. The van der Waals surface area contributed by atoms with Gasteiger partial charge in [-0.25, -0.2) is 12.7 Å². The number of hydrogen-bond acceptors (Lipinski definition) is 4. The topological polar surface area (TPSA) is 95.0 Å². The molecule has 2 aromatic carbocycles. The van der Waals surface area contributed by atoms with E-state index in [0.717, 1.165) is 24.0 Å². The fraction of sp³-hybridized carbons (Fsp3) is 0.500. The van der Waals surface area contributed by atoms with Crippen molar-refractivity contribution in [3.63, 3.8) is 0 Å². The number of aliphatic carboxylic acids is 1. The van der Waals surface area contributed by atoms with E-state index in [1.165, 1.54) is 10.6 Å². The second-order valence-electron chi connectivity index (χ2n) is 10.8. The summed E-state index contributed by atoms with van der Waals surface area (Å²) in [4.78, 5) is 28.2. The van der Waals surface area contributed by atoms with Crippen LogP contribution in [0.1, 0.15) is 62.6 Å². The van der Waals surface area contributed by atoms with Crippen LogP contribution in [0.15, 0.2) is 48.5 Å². The Morgan fingerprint density at radius 3 is 2.32 bits per heavy atom. The van der Waals surface area contributed by atoms with Gasteiger partial charge in [-0.2, -0.15) is 0 Å². The molecule has 206 valence electrons. The van der Waals surface area contributed by atoms with Gasteiger partial charge in [-0.15, -0.1) is 0 Å². The number of piperidine rings is 1. The maximum absolute atomic E-state index is 14.4. The first kappa shape index (κ1) is 28.9. The number of benzene rings is 2. The minimum absolute atomic E-state index is 0.122. The number of carboxylic acid groups (broad SMARTS) is 1. The van der Waals surface area contributed by atoms with Gasteiger partial charge in [-0.3, -0.25) is 9.59 Å². The standard InChI is InChI=1S/C28H34Cl2N2O5S/c1-4-31(38(3,36)37)17-24(18-8-9-18)32-26(19-10-12-21(29)13-11-19)23(20-6-5-7-22(30)14-20)15-28(2,27(32)35)16-25(33)34/h5-7,10-14,18,23-24,26H,4,8-9,15-17H2,1-3H3,(H,33,34)/t23-,24?,26?,28-/m1/s1. The lowest BCUT2D eigenvalue weighted by Gasteiger charge is -2.52. The predicted octanol–water partition coefficient (Wildman–Crippen LogP) is 5.59. The van der Waals surface area contributed by atoms with Crippen molar-refractivity contribution in [2.45, 2.75) is 57.5 Å². The number of carbonyl (C=O) groups excluding carboxylic acids is 1. The normalized spacial score (nSPS) is 25.0. The van der Waals surface area contributed by atoms with Crippen molar-refractivity contribution in [3.05, 3.63) is 69.7 Å². The Hall–Kier alpha value is -2.13. The second kappa shape index (κ2) is 11.2. The van der Waals surface area contributed by atoms with Crippen molar-refractivity contribution in [2.24, 2.45) is 11.3 Å². The third kappa shape index (κ3) is 6.19. The summed E-state index contributed by atoms with van der Waals surface area (Å²) in [5, 5.41) is 10.9. The third-order valence-electron chi connectivity index (χ3n) is 7.87. The van der Waals surface area contributed by atoms with E-state index in [1.54, 1.807) is 32.0 Å². The van der Waals surface area contributed by atoms with Gasteiger partial charge in [0.05, 0.1) is 24.1 Å². The van der Waals surface area contributed by atoms with Gasteiger partial charge < -0.3 is 10.0 Å². The monoisotopic (exact) mass is 580 g/mol. The number of amides is 1. The van der Waals surface area contributed by atoms with Crippen molar-refractivity contribution in [3.8, 4) is 0 Å². The Balaban J connectivity index is 1.92. The Morgan fingerprint density at radius 2 is 1.79 bits per heavy atom. The van der Waals surface area contributed by atoms with Crippen molar-refractivity contribution in [1.29, 1.82) is 0 Å². The fourth-order valence-electron chi connectivity index (χ4n) is 5.90. The molecule has 0 radical (unpaired) electrons. The number of halogens is 2. The summed E-state index contributed by atoms with van der Waals surface area (Å²) in [7, 11) is -3.51. The summed E-state index contributed by atoms with van der Waals surface area (Å²) in [5.74, 6) is -1.47. The lowest BCUT2D eigenvalue weighted by atomic mass is 9.67. The van der Waals surface area contributed by atoms with Crippen LogP contribution >= 0.6 is 23.2 Å². The van der Waals surface area contributed by atoms with Gasteiger partial charge in [-0.05, 0) is 60.6 Å². The molecule has 1 aliphatic heterocycles. The maximum atomic E-state index is 14.4. The fourth-order valence-corrected chi connectivity index (χ4v) is 7.11. The number of carbonyl (C=O) groups is 2. The lowest BCUT2D eigenvalue weighted by molar-refractivity contribution is -0.161. The summed E-state index contributed by atoms with van der Waals surface area (Å²) in [5.41, 5.74) is 0.575. The molecule has 1 N–H and O–H groups in total. The summed E-state index contributed by atoms with van der Waals surface area (Å²) in [6.45, 7) is 3.92.